The second-order valence-electron chi connectivity index (χ2n) is 5.09. The molecule has 0 aliphatic rings. The zero-order valence-electron chi connectivity index (χ0n) is 12.4. The van der Waals surface area contributed by atoms with Crippen molar-refractivity contribution in [2.75, 3.05) is 0 Å². The summed E-state index contributed by atoms with van der Waals surface area (Å²) in [5, 5.41) is 12.5. The predicted octanol–water partition coefficient (Wildman–Crippen LogP) is 1.03. The molecule has 0 aromatic carbocycles. The highest BCUT2D eigenvalue weighted by Gasteiger charge is 2.19. The van der Waals surface area contributed by atoms with E-state index >= 15 is 0 Å². The van der Waals surface area contributed by atoms with Crippen LogP contribution in [-0.4, -0.2) is 25.4 Å². The minimum absolute atomic E-state index is 0.197. The van der Waals surface area contributed by atoms with Gasteiger partial charge in [0.25, 0.3) is 11.5 Å². The fourth-order valence-electron chi connectivity index (χ4n) is 2.21. The van der Waals surface area contributed by atoms with Gasteiger partial charge in [-0.2, -0.15) is 4.98 Å². The monoisotopic (exact) mass is 310 g/mol. The molecule has 0 unspecified atom stereocenters. The highest BCUT2D eigenvalue weighted by Crippen LogP contribution is 2.12. The maximum Gasteiger partial charge on any atom is 0.274 e. The Labute approximate surface area is 131 Å². The number of aromatic hydroxyl groups is 1. The minimum Gasteiger partial charge on any atom is -0.493 e. The van der Waals surface area contributed by atoms with E-state index in [4.69, 9.17) is 0 Å². The van der Waals surface area contributed by atoms with E-state index in [2.05, 4.69) is 15.3 Å². The highest BCUT2D eigenvalue weighted by atomic mass is 16.3. The maximum absolute atomic E-state index is 12.4. The molecule has 0 radical (unpaired) electrons. The Bertz CT molecular complexity index is 935. The molecule has 0 saturated heterocycles. The number of nitrogens with zero attached hydrogens (tertiary/aromatic N) is 3. The molecule has 0 bridgehead atoms. The number of hydrogen-bond acceptors (Lipinski definition) is 5. The Morgan fingerprint density at radius 1 is 1.35 bits per heavy atom. The first-order chi connectivity index (χ1) is 11.1. The normalized spacial score (nSPS) is 10.7. The van der Waals surface area contributed by atoms with Crippen molar-refractivity contribution in [1.82, 2.24) is 19.7 Å². The summed E-state index contributed by atoms with van der Waals surface area (Å²) in [7, 11) is 0. The van der Waals surface area contributed by atoms with Gasteiger partial charge in [-0.05, 0) is 30.2 Å². The topological polar surface area (TPSA) is 96.6 Å². The number of nitrogens with one attached hydrogen (secondary N) is 1. The summed E-state index contributed by atoms with van der Waals surface area (Å²) in [6, 6.07) is 6.91. The number of pyridine rings is 2. The average Bonchev–Trinajstić information content (AvgIpc) is 2.55. The standard InChI is InChI=1S/C16H14N4O3/c1-10-4-5-12-19-15(22)13(16(23)20(12)9-10)14(21)18-8-11-3-2-6-17-7-11/h2-7,9,22H,8H2,1H3,(H,18,21). The molecule has 2 N–H and O–H groups in total. The zero-order chi connectivity index (χ0) is 16.4. The van der Waals surface area contributed by atoms with Crippen molar-refractivity contribution in [2.45, 2.75) is 13.5 Å². The lowest BCUT2D eigenvalue weighted by atomic mass is 10.2. The minimum atomic E-state index is -0.681. The maximum atomic E-state index is 12.4. The van der Waals surface area contributed by atoms with Crippen molar-refractivity contribution in [3.63, 3.8) is 0 Å². The fourth-order valence-corrected chi connectivity index (χ4v) is 2.21. The summed E-state index contributed by atoms with van der Waals surface area (Å²) in [5.41, 5.74) is 0.914. The van der Waals surface area contributed by atoms with E-state index in [1.807, 2.05) is 6.92 Å². The first-order valence-corrected chi connectivity index (χ1v) is 6.95. The molecule has 7 heteroatoms. The molecule has 1 amide bonds. The molecule has 0 atom stereocenters. The Hall–Kier alpha value is -3.22. The van der Waals surface area contributed by atoms with E-state index < -0.39 is 17.3 Å². The van der Waals surface area contributed by atoms with Gasteiger partial charge in [-0.1, -0.05) is 12.1 Å². The van der Waals surface area contributed by atoms with Gasteiger partial charge in [0.15, 0.2) is 5.56 Å². The van der Waals surface area contributed by atoms with Gasteiger partial charge in [0.2, 0.25) is 5.88 Å². The largest absolute Gasteiger partial charge is 0.493 e. The Morgan fingerprint density at radius 3 is 2.91 bits per heavy atom. The summed E-state index contributed by atoms with van der Waals surface area (Å²) in [6.45, 7) is 2.02. The van der Waals surface area contributed by atoms with Crippen molar-refractivity contribution in [2.24, 2.45) is 0 Å². The SMILES string of the molecule is Cc1ccc2nc(O)c(C(=O)NCc3cccnc3)c(=O)n2c1. The molecule has 116 valence electrons. The summed E-state index contributed by atoms with van der Waals surface area (Å²) >= 11 is 0. The molecule has 3 rings (SSSR count). The third-order valence-electron chi connectivity index (χ3n) is 3.35. The Balaban J connectivity index is 1.95. The quantitative estimate of drug-likeness (QED) is 0.753. The predicted molar refractivity (Wildman–Crippen MR) is 83.3 cm³/mol. The Morgan fingerprint density at radius 2 is 2.17 bits per heavy atom. The number of hydrogen-bond donors (Lipinski definition) is 2. The van der Waals surface area contributed by atoms with Crippen molar-refractivity contribution in [1.29, 1.82) is 0 Å². The third-order valence-corrected chi connectivity index (χ3v) is 3.35. The van der Waals surface area contributed by atoms with E-state index in [1.54, 1.807) is 42.9 Å². The van der Waals surface area contributed by atoms with Crippen molar-refractivity contribution < 1.29 is 9.90 Å². The smallest absolute Gasteiger partial charge is 0.274 e. The van der Waals surface area contributed by atoms with Crippen LogP contribution in [0.15, 0.2) is 47.7 Å². The summed E-state index contributed by atoms with van der Waals surface area (Å²) in [5.74, 6) is -1.26. The molecule has 0 saturated carbocycles. The molecule has 7 nitrogen and oxygen atoms in total. The van der Waals surface area contributed by atoms with Gasteiger partial charge in [-0.25, -0.2) is 0 Å². The lowest BCUT2D eigenvalue weighted by Crippen LogP contribution is -2.31. The zero-order valence-corrected chi connectivity index (χ0v) is 12.4. The van der Waals surface area contributed by atoms with Crippen LogP contribution in [0.2, 0.25) is 0 Å². The summed E-state index contributed by atoms with van der Waals surface area (Å²) in [6.07, 6.45) is 4.80. The van der Waals surface area contributed by atoms with Crippen LogP contribution in [0.1, 0.15) is 21.5 Å². The number of aromatic nitrogens is 3. The molecular weight excluding hydrogens is 296 g/mol. The number of aryl methyl sites for hydroxylation is 1. The molecule has 0 aliphatic carbocycles. The van der Waals surface area contributed by atoms with E-state index in [-0.39, 0.29) is 17.8 Å². The average molecular weight is 310 g/mol. The number of amides is 1. The number of carbonyl (C=O) groups is 1. The van der Waals surface area contributed by atoms with Gasteiger partial charge < -0.3 is 10.4 Å². The highest BCUT2D eigenvalue weighted by molar-refractivity contribution is 5.96. The molecule has 3 aromatic heterocycles. The molecule has 3 aromatic rings. The van der Waals surface area contributed by atoms with Gasteiger partial charge in [-0.3, -0.25) is 19.0 Å². The molecular formula is C16H14N4O3. The number of rotatable bonds is 3. The van der Waals surface area contributed by atoms with Crippen LogP contribution in [0.25, 0.3) is 5.65 Å². The van der Waals surface area contributed by atoms with Gasteiger partial charge in [0.1, 0.15) is 5.65 Å². The molecule has 0 aliphatic heterocycles. The van der Waals surface area contributed by atoms with E-state index in [1.165, 1.54) is 4.40 Å². The molecule has 23 heavy (non-hydrogen) atoms. The number of carbonyl (C=O) groups excluding carboxylic acids is 1. The van der Waals surface area contributed by atoms with E-state index in [9.17, 15) is 14.7 Å². The first-order valence-electron chi connectivity index (χ1n) is 6.95. The first kappa shape index (κ1) is 14.7. The lowest BCUT2D eigenvalue weighted by molar-refractivity contribution is 0.0945. The van der Waals surface area contributed by atoms with Gasteiger partial charge in [0.05, 0.1) is 0 Å². The van der Waals surface area contributed by atoms with Gasteiger partial charge in [-0.15, -0.1) is 0 Å². The summed E-state index contributed by atoms with van der Waals surface area (Å²) in [4.78, 5) is 32.5. The van der Waals surface area contributed by atoms with Crippen LogP contribution >= 0.6 is 0 Å². The fraction of sp³-hybridized carbons (Fsp3) is 0.125. The molecule has 0 spiro atoms. The lowest BCUT2D eigenvalue weighted by Gasteiger charge is -2.08. The van der Waals surface area contributed by atoms with Crippen LogP contribution < -0.4 is 10.9 Å². The van der Waals surface area contributed by atoms with Crippen LogP contribution in [-0.2, 0) is 6.54 Å². The third kappa shape index (κ3) is 2.89. The van der Waals surface area contributed by atoms with Crippen LogP contribution in [0, 0.1) is 6.92 Å². The van der Waals surface area contributed by atoms with E-state index in [0.717, 1.165) is 11.1 Å². The van der Waals surface area contributed by atoms with E-state index in [0.29, 0.717) is 0 Å². The second kappa shape index (κ2) is 5.88. The van der Waals surface area contributed by atoms with Gasteiger partial charge >= 0.3 is 0 Å². The molecule has 0 fully saturated rings. The van der Waals surface area contributed by atoms with Crippen molar-refractivity contribution >= 4 is 11.6 Å². The van der Waals surface area contributed by atoms with Crippen LogP contribution in [0.3, 0.4) is 0 Å². The summed E-state index contributed by atoms with van der Waals surface area (Å²) < 4.78 is 1.24. The van der Waals surface area contributed by atoms with Crippen molar-refractivity contribution in [3.8, 4) is 5.88 Å². The van der Waals surface area contributed by atoms with Crippen molar-refractivity contribution in [3.05, 3.63) is 69.9 Å². The second-order valence-corrected chi connectivity index (χ2v) is 5.09. The Kier molecular flexibility index (Phi) is 3.76. The number of fused-ring (bicyclic) bond motifs is 1. The van der Waals surface area contributed by atoms with Gasteiger partial charge in [0, 0.05) is 25.1 Å². The molecule has 3 heterocycles. The van der Waals surface area contributed by atoms with Crippen LogP contribution in [0.4, 0.5) is 0 Å². The van der Waals surface area contributed by atoms with Crippen LogP contribution in [0.5, 0.6) is 5.88 Å².